The number of allylic oxidation sites excluding steroid dienone is 2. The molecular formula is C31H54F3N7O4S. The molecule has 15 heteroatoms. The molecule has 264 valence electrons. The lowest BCUT2D eigenvalue weighted by Gasteiger charge is -2.25. The van der Waals surface area contributed by atoms with Crippen LogP contribution >= 0.6 is 11.8 Å². The fourth-order valence-electron chi connectivity index (χ4n) is 3.65. The maximum atomic E-state index is 14.0. The number of carbonyl (C=O) groups excluding carboxylic acids is 2. The summed E-state index contributed by atoms with van der Waals surface area (Å²) in [5.74, 6) is 0.443. The van der Waals surface area contributed by atoms with E-state index in [2.05, 4.69) is 27.5 Å². The summed E-state index contributed by atoms with van der Waals surface area (Å²) in [5.41, 5.74) is 8.61. The summed E-state index contributed by atoms with van der Waals surface area (Å²) in [6.45, 7) is 10.8. The van der Waals surface area contributed by atoms with Crippen molar-refractivity contribution in [3.8, 4) is 17.0 Å². The highest BCUT2D eigenvalue weighted by atomic mass is 32.2. The third-order valence-corrected chi connectivity index (χ3v) is 6.64. The molecule has 11 nitrogen and oxygen atoms in total. The van der Waals surface area contributed by atoms with Crippen LogP contribution in [-0.4, -0.2) is 93.7 Å². The quantitative estimate of drug-likeness (QED) is 0.0807. The number of rotatable bonds is 18. The molecule has 2 rings (SSSR count). The van der Waals surface area contributed by atoms with Gasteiger partial charge in [-0.3, -0.25) is 4.79 Å². The standard InChI is InChI=1S/C27H41FN6O3S.C2H5N.CH2F2.CH2O.2H2/c1-6-9-36-10-8-11-37-27-22(12-20(15-32-27)26(29)35)23-16-31-25(33-18-30-7-2)13-21(23)17-34(4)24(14-28)19(3)38-5;1-2-3;2-1-3;1-2;;/h12-13,15-16,30H,6-11,14,17-18H2,1-5H3,(H2,29,35)(H,31,33);2-3H,1H3;1H2;1H2;2*1H/b24-19-;;;;;. The van der Waals surface area contributed by atoms with Crippen LogP contribution < -0.4 is 21.1 Å². The van der Waals surface area contributed by atoms with Gasteiger partial charge in [0.05, 0.1) is 24.5 Å². The number of nitrogens with one attached hydrogen (secondary N) is 3. The lowest BCUT2D eigenvalue weighted by molar-refractivity contribution is -0.0980. The molecule has 0 spiro atoms. The Balaban J connectivity index is -0.000000882. The minimum atomic E-state index is -1.75. The summed E-state index contributed by atoms with van der Waals surface area (Å²) >= 11 is 1.51. The van der Waals surface area contributed by atoms with Gasteiger partial charge in [-0.15, -0.1) is 11.8 Å². The first-order chi connectivity index (χ1) is 22.2. The van der Waals surface area contributed by atoms with Crippen molar-refractivity contribution in [2.45, 2.75) is 47.1 Å². The van der Waals surface area contributed by atoms with E-state index in [-0.39, 0.29) is 8.42 Å². The molecule has 2 aromatic heterocycles. The fourth-order valence-corrected chi connectivity index (χ4v) is 4.10. The summed E-state index contributed by atoms with van der Waals surface area (Å²) in [7, 11) is 1.86. The molecule has 0 radical (unpaired) electrons. The summed E-state index contributed by atoms with van der Waals surface area (Å²) in [4.78, 5) is 31.8. The number of aromatic nitrogens is 2. The molecule has 0 aliphatic carbocycles. The average molecular weight is 678 g/mol. The third kappa shape index (κ3) is 17.7. The van der Waals surface area contributed by atoms with Crippen LogP contribution in [0.3, 0.4) is 0 Å². The van der Waals surface area contributed by atoms with Crippen LogP contribution in [-0.2, 0) is 16.1 Å². The number of pyridine rings is 2. The van der Waals surface area contributed by atoms with Gasteiger partial charge in [-0.1, -0.05) is 13.8 Å². The number of amides is 1. The van der Waals surface area contributed by atoms with Crippen molar-refractivity contribution in [3.05, 3.63) is 46.3 Å². The topological polar surface area (TPSA) is 156 Å². The number of primary amides is 1. The van der Waals surface area contributed by atoms with Gasteiger partial charge in [0.15, 0.2) is 0 Å². The van der Waals surface area contributed by atoms with Crippen LogP contribution in [0.4, 0.5) is 19.0 Å². The largest absolute Gasteiger partial charge is 0.477 e. The van der Waals surface area contributed by atoms with Crippen LogP contribution in [0.25, 0.3) is 11.1 Å². The highest BCUT2D eigenvalue weighted by Crippen LogP contribution is 2.34. The van der Waals surface area contributed by atoms with Crippen molar-refractivity contribution in [1.29, 1.82) is 5.41 Å². The summed E-state index contributed by atoms with van der Waals surface area (Å²) in [5, 5.41) is 12.5. The number of ether oxygens (including phenoxy) is 2. The Kier molecular flexibility index (Phi) is 27.8. The second kappa shape index (κ2) is 28.8. The van der Waals surface area contributed by atoms with E-state index < -0.39 is 19.5 Å². The second-order valence-corrected chi connectivity index (χ2v) is 10.0. The molecule has 0 aliphatic heterocycles. The Morgan fingerprint density at radius 1 is 1.15 bits per heavy atom. The number of carbonyl (C=O) groups is 2. The number of alkyl halides is 3. The number of nitrogens with two attached hydrogens (primary N) is 1. The number of hydrogen-bond acceptors (Lipinski definition) is 11. The minimum absolute atomic E-state index is 0. The van der Waals surface area contributed by atoms with Crippen LogP contribution in [0.2, 0.25) is 0 Å². The van der Waals surface area contributed by atoms with Gasteiger partial charge in [0, 0.05) is 64.5 Å². The van der Waals surface area contributed by atoms with E-state index in [1.54, 1.807) is 19.2 Å². The zero-order valence-electron chi connectivity index (χ0n) is 27.8. The highest BCUT2D eigenvalue weighted by molar-refractivity contribution is 8.02. The molecule has 0 unspecified atom stereocenters. The molecule has 0 aromatic carbocycles. The predicted octanol–water partition coefficient (Wildman–Crippen LogP) is 6.26. The molecule has 5 N–H and O–H groups in total. The number of anilines is 1. The van der Waals surface area contributed by atoms with E-state index in [9.17, 15) is 18.0 Å². The molecular weight excluding hydrogens is 623 g/mol. The number of thioether (sulfide) groups is 1. The van der Waals surface area contributed by atoms with Gasteiger partial charge < -0.3 is 40.9 Å². The lowest BCUT2D eigenvalue weighted by atomic mass is 10.0. The van der Waals surface area contributed by atoms with Crippen molar-refractivity contribution in [2.75, 3.05) is 65.3 Å². The monoisotopic (exact) mass is 677 g/mol. The van der Waals surface area contributed by atoms with Crippen molar-refractivity contribution in [1.82, 2.24) is 20.2 Å². The normalized spacial score (nSPS) is 10.5. The Hall–Kier alpha value is -3.69. The summed E-state index contributed by atoms with van der Waals surface area (Å²) in [6.07, 6.45) is 7.96. The highest BCUT2D eigenvalue weighted by Gasteiger charge is 2.19. The number of nitrogens with zero attached hydrogens (tertiary/aromatic N) is 3. The first kappa shape index (κ1) is 44.4. The van der Waals surface area contributed by atoms with Gasteiger partial charge in [0.1, 0.15) is 19.3 Å². The van der Waals surface area contributed by atoms with Crippen molar-refractivity contribution in [2.24, 2.45) is 5.73 Å². The zero-order chi connectivity index (χ0) is 35.3. The molecule has 0 bridgehead atoms. The molecule has 0 atom stereocenters. The van der Waals surface area contributed by atoms with E-state index in [1.807, 2.05) is 44.9 Å². The lowest BCUT2D eigenvalue weighted by Crippen LogP contribution is -2.23. The Labute approximate surface area is 278 Å². The van der Waals surface area contributed by atoms with Crippen LogP contribution in [0.1, 0.15) is 59.3 Å². The number of halogens is 3. The van der Waals surface area contributed by atoms with Gasteiger partial charge in [-0.05, 0) is 57.0 Å². The second-order valence-electron chi connectivity index (χ2n) is 9.03. The van der Waals surface area contributed by atoms with Gasteiger partial charge in [0.25, 0.3) is 0 Å². The molecule has 0 saturated heterocycles. The van der Waals surface area contributed by atoms with Gasteiger partial charge in [-0.2, -0.15) is 0 Å². The van der Waals surface area contributed by atoms with Crippen LogP contribution in [0, 0.1) is 5.41 Å². The maximum Gasteiger partial charge on any atom is 0.250 e. The molecule has 2 aromatic rings. The van der Waals surface area contributed by atoms with E-state index >= 15 is 0 Å². The number of hydrogen-bond donors (Lipinski definition) is 4. The summed E-state index contributed by atoms with van der Waals surface area (Å²) in [6, 6.07) is 3.59. The molecule has 46 heavy (non-hydrogen) atoms. The van der Waals surface area contributed by atoms with Crippen LogP contribution in [0.5, 0.6) is 5.88 Å². The molecule has 2 heterocycles. The van der Waals surface area contributed by atoms with E-state index in [4.69, 9.17) is 25.4 Å². The van der Waals surface area contributed by atoms with Crippen molar-refractivity contribution in [3.63, 3.8) is 0 Å². The fraction of sp³-hybridized carbons (Fsp3) is 0.516. The van der Waals surface area contributed by atoms with Crippen molar-refractivity contribution < 1.29 is 35.1 Å². The predicted molar refractivity (Wildman–Crippen MR) is 186 cm³/mol. The molecule has 0 fully saturated rings. The minimum Gasteiger partial charge on any atom is -0.477 e. The Morgan fingerprint density at radius 3 is 2.35 bits per heavy atom. The SMILES string of the molecule is C=O.CC=N.CCCOCCCOc1ncc(C(N)=O)cc1-c1cnc(NCNCC)cc1CN(C)/C(CF)=C(/C)SC.FCF.[HH].[HH]. The van der Waals surface area contributed by atoms with Gasteiger partial charge in [0.2, 0.25) is 18.7 Å². The Morgan fingerprint density at radius 2 is 1.80 bits per heavy atom. The van der Waals surface area contributed by atoms with E-state index in [1.165, 1.54) is 24.2 Å². The van der Waals surface area contributed by atoms with Gasteiger partial charge >= 0.3 is 0 Å². The van der Waals surface area contributed by atoms with Crippen molar-refractivity contribution >= 4 is 36.5 Å². The zero-order valence-corrected chi connectivity index (χ0v) is 28.6. The Bertz CT molecular complexity index is 1180. The van der Waals surface area contributed by atoms with E-state index in [0.717, 1.165) is 29.0 Å². The smallest absolute Gasteiger partial charge is 0.250 e. The third-order valence-electron chi connectivity index (χ3n) is 5.79. The molecule has 0 saturated carbocycles. The van der Waals surface area contributed by atoms with E-state index in [0.29, 0.717) is 62.4 Å². The van der Waals surface area contributed by atoms with Gasteiger partial charge in [-0.25, -0.2) is 23.1 Å². The first-order valence-corrected chi connectivity index (χ1v) is 15.7. The summed E-state index contributed by atoms with van der Waals surface area (Å²) < 4.78 is 44.8. The molecule has 0 aliphatic rings. The average Bonchev–Trinajstić information content (AvgIpc) is 3.05. The first-order valence-electron chi connectivity index (χ1n) is 14.5. The molecule has 1 amide bonds. The van der Waals surface area contributed by atoms with Crippen LogP contribution in [0.15, 0.2) is 35.1 Å². The maximum absolute atomic E-state index is 14.0.